The summed E-state index contributed by atoms with van der Waals surface area (Å²) in [4.78, 5) is 1.39. The van der Waals surface area contributed by atoms with Crippen molar-refractivity contribution in [1.82, 2.24) is 5.32 Å². The van der Waals surface area contributed by atoms with Gasteiger partial charge in [0.2, 0.25) is 0 Å². The van der Waals surface area contributed by atoms with E-state index in [9.17, 15) is 0 Å². The zero-order valence-electron chi connectivity index (χ0n) is 9.47. The number of thiophene rings is 1. The molecule has 0 amide bonds. The second-order valence-electron chi connectivity index (χ2n) is 3.87. The SMILES string of the molecule is Cc1ccsc1CNCc1cc(Br)ccc1Cl. The van der Waals surface area contributed by atoms with Gasteiger partial charge in [0.15, 0.2) is 0 Å². The van der Waals surface area contributed by atoms with Gasteiger partial charge in [0.1, 0.15) is 0 Å². The maximum atomic E-state index is 6.13. The van der Waals surface area contributed by atoms with Crippen molar-refractivity contribution in [2.75, 3.05) is 0 Å². The van der Waals surface area contributed by atoms with Gasteiger partial charge in [0.25, 0.3) is 0 Å². The minimum Gasteiger partial charge on any atom is -0.308 e. The molecule has 0 bridgehead atoms. The number of nitrogens with one attached hydrogen (secondary N) is 1. The van der Waals surface area contributed by atoms with Gasteiger partial charge in [-0.2, -0.15) is 0 Å². The van der Waals surface area contributed by atoms with E-state index in [4.69, 9.17) is 11.6 Å². The minimum atomic E-state index is 0.787. The van der Waals surface area contributed by atoms with Crippen LogP contribution in [0.4, 0.5) is 0 Å². The Balaban J connectivity index is 1.94. The van der Waals surface area contributed by atoms with Gasteiger partial charge in [-0.3, -0.25) is 0 Å². The van der Waals surface area contributed by atoms with E-state index in [0.717, 1.165) is 28.1 Å². The molecule has 1 N–H and O–H groups in total. The van der Waals surface area contributed by atoms with Gasteiger partial charge in [0.05, 0.1) is 0 Å². The van der Waals surface area contributed by atoms with E-state index in [1.54, 1.807) is 11.3 Å². The summed E-state index contributed by atoms with van der Waals surface area (Å²) in [6, 6.07) is 8.07. The number of rotatable bonds is 4. The monoisotopic (exact) mass is 329 g/mol. The molecule has 1 nitrogen and oxygen atoms in total. The van der Waals surface area contributed by atoms with Gasteiger partial charge in [-0.15, -0.1) is 11.3 Å². The molecule has 17 heavy (non-hydrogen) atoms. The number of aryl methyl sites for hydroxylation is 1. The lowest BCUT2D eigenvalue weighted by molar-refractivity contribution is 0.698. The summed E-state index contributed by atoms with van der Waals surface area (Å²) < 4.78 is 1.06. The highest BCUT2D eigenvalue weighted by molar-refractivity contribution is 9.10. The van der Waals surface area contributed by atoms with Crippen LogP contribution in [0, 0.1) is 6.92 Å². The van der Waals surface area contributed by atoms with Crippen molar-refractivity contribution >= 4 is 38.9 Å². The number of hydrogen-bond acceptors (Lipinski definition) is 2. The Bertz CT molecular complexity index is 510. The molecule has 0 spiro atoms. The van der Waals surface area contributed by atoms with Crippen molar-refractivity contribution in [1.29, 1.82) is 0 Å². The molecule has 0 aliphatic carbocycles. The molecule has 4 heteroatoms. The maximum absolute atomic E-state index is 6.13. The average molecular weight is 331 g/mol. The molecule has 0 atom stereocenters. The van der Waals surface area contributed by atoms with Crippen LogP contribution in [0.2, 0.25) is 5.02 Å². The number of halogens is 2. The standard InChI is InChI=1S/C13H13BrClNS/c1-9-4-5-17-13(9)8-16-7-10-6-11(14)2-3-12(10)15/h2-6,16H,7-8H2,1H3. The molecule has 0 saturated carbocycles. The molecule has 2 aromatic rings. The first-order valence-electron chi connectivity index (χ1n) is 5.34. The second kappa shape index (κ2) is 6.01. The van der Waals surface area contributed by atoms with Crippen LogP contribution in [0.1, 0.15) is 16.0 Å². The first kappa shape index (κ1) is 13.1. The molecule has 0 radical (unpaired) electrons. The molecule has 2 rings (SSSR count). The molecule has 0 saturated heterocycles. The Morgan fingerprint density at radius 1 is 1.29 bits per heavy atom. The predicted molar refractivity (Wildman–Crippen MR) is 78.8 cm³/mol. The highest BCUT2D eigenvalue weighted by Gasteiger charge is 2.02. The molecule has 0 aliphatic rings. The van der Waals surface area contributed by atoms with Crippen LogP contribution < -0.4 is 5.32 Å². The summed E-state index contributed by atoms with van der Waals surface area (Å²) in [7, 11) is 0. The largest absolute Gasteiger partial charge is 0.308 e. The van der Waals surface area contributed by atoms with Gasteiger partial charge >= 0.3 is 0 Å². The van der Waals surface area contributed by atoms with E-state index in [1.165, 1.54) is 10.4 Å². The maximum Gasteiger partial charge on any atom is 0.0451 e. The summed E-state index contributed by atoms with van der Waals surface area (Å²) >= 11 is 11.4. The third-order valence-corrected chi connectivity index (χ3v) is 4.46. The van der Waals surface area contributed by atoms with E-state index >= 15 is 0 Å². The fourth-order valence-electron chi connectivity index (χ4n) is 1.57. The van der Waals surface area contributed by atoms with Gasteiger partial charge in [0, 0.05) is 27.5 Å². The fourth-order valence-corrected chi connectivity index (χ4v) is 3.04. The van der Waals surface area contributed by atoms with Gasteiger partial charge in [-0.1, -0.05) is 27.5 Å². The quantitative estimate of drug-likeness (QED) is 0.852. The zero-order valence-corrected chi connectivity index (χ0v) is 12.6. The van der Waals surface area contributed by atoms with E-state index in [-0.39, 0.29) is 0 Å². The van der Waals surface area contributed by atoms with Crippen molar-refractivity contribution in [3.63, 3.8) is 0 Å². The molecule has 1 aromatic carbocycles. The molecule has 0 fully saturated rings. The fraction of sp³-hybridized carbons (Fsp3) is 0.231. The zero-order chi connectivity index (χ0) is 12.3. The average Bonchev–Trinajstić information content (AvgIpc) is 2.70. The molecule has 0 unspecified atom stereocenters. The highest BCUT2D eigenvalue weighted by Crippen LogP contribution is 2.21. The van der Waals surface area contributed by atoms with E-state index in [2.05, 4.69) is 45.7 Å². The summed E-state index contributed by atoms with van der Waals surface area (Å²) in [5.74, 6) is 0. The van der Waals surface area contributed by atoms with Crippen molar-refractivity contribution in [3.8, 4) is 0 Å². The first-order chi connectivity index (χ1) is 8.16. The van der Waals surface area contributed by atoms with Gasteiger partial charge in [-0.05, 0) is 47.7 Å². The Labute approximate surface area is 119 Å². The lowest BCUT2D eigenvalue weighted by atomic mass is 10.2. The van der Waals surface area contributed by atoms with Crippen LogP contribution in [0.25, 0.3) is 0 Å². The Morgan fingerprint density at radius 3 is 2.82 bits per heavy atom. The molecule has 90 valence electrons. The van der Waals surface area contributed by atoms with E-state index in [1.807, 2.05) is 12.1 Å². The van der Waals surface area contributed by atoms with E-state index < -0.39 is 0 Å². The summed E-state index contributed by atoms with van der Waals surface area (Å²) in [6.45, 7) is 3.82. The smallest absolute Gasteiger partial charge is 0.0451 e. The second-order valence-corrected chi connectivity index (χ2v) is 6.19. The van der Waals surface area contributed by atoms with Crippen LogP contribution in [0.3, 0.4) is 0 Å². The van der Waals surface area contributed by atoms with Crippen molar-refractivity contribution in [2.24, 2.45) is 0 Å². The van der Waals surface area contributed by atoms with Crippen LogP contribution in [-0.4, -0.2) is 0 Å². The summed E-state index contributed by atoms with van der Waals surface area (Å²) in [5.41, 5.74) is 2.47. The number of hydrogen-bond donors (Lipinski definition) is 1. The minimum absolute atomic E-state index is 0.787. The molecule has 1 heterocycles. The third-order valence-electron chi connectivity index (χ3n) is 2.58. The van der Waals surface area contributed by atoms with Crippen molar-refractivity contribution in [2.45, 2.75) is 20.0 Å². The van der Waals surface area contributed by atoms with Crippen molar-refractivity contribution in [3.05, 3.63) is 55.1 Å². The summed E-state index contributed by atoms with van der Waals surface area (Å²) in [5, 5.41) is 6.35. The van der Waals surface area contributed by atoms with E-state index in [0.29, 0.717) is 0 Å². The van der Waals surface area contributed by atoms with Crippen LogP contribution >= 0.6 is 38.9 Å². The highest BCUT2D eigenvalue weighted by atomic mass is 79.9. The first-order valence-corrected chi connectivity index (χ1v) is 7.39. The molecular weight excluding hydrogens is 318 g/mol. The lowest BCUT2D eigenvalue weighted by Gasteiger charge is -2.07. The predicted octanol–water partition coefficient (Wildman–Crippen LogP) is 4.76. The van der Waals surface area contributed by atoms with Crippen molar-refractivity contribution < 1.29 is 0 Å². The Hall–Kier alpha value is -0.350. The van der Waals surface area contributed by atoms with Gasteiger partial charge < -0.3 is 5.32 Å². The molecule has 0 aliphatic heterocycles. The van der Waals surface area contributed by atoms with Crippen LogP contribution in [0.15, 0.2) is 34.1 Å². The molecule has 1 aromatic heterocycles. The lowest BCUT2D eigenvalue weighted by Crippen LogP contribution is -2.12. The normalized spacial score (nSPS) is 10.8. The summed E-state index contributed by atoms with van der Waals surface area (Å²) in [6.07, 6.45) is 0. The van der Waals surface area contributed by atoms with Gasteiger partial charge in [-0.25, -0.2) is 0 Å². The Kier molecular flexibility index (Phi) is 4.62. The third kappa shape index (κ3) is 3.55. The topological polar surface area (TPSA) is 12.0 Å². The number of benzene rings is 1. The van der Waals surface area contributed by atoms with Crippen LogP contribution in [0.5, 0.6) is 0 Å². The van der Waals surface area contributed by atoms with Crippen LogP contribution in [-0.2, 0) is 13.1 Å². The Morgan fingerprint density at radius 2 is 2.12 bits per heavy atom. The molecular formula is C13H13BrClNS.